The number of nitriles is 1. The van der Waals surface area contributed by atoms with Crippen LogP contribution in [0.2, 0.25) is 0 Å². The van der Waals surface area contributed by atoms with Crippen LogP contribution in [0.5, 0.6) is 5.75 Å². The molecule has 1 N–H and O–H groups in total. The van der Waals surface area contributed by atoms with Gasteiger partial charge in [-0.15, -0.1) is 0 Å². The van der Waals surface area contributed by atoms with Gasteiger partial charge in [-0.2, -0.15) is 5.26 Å². The van der Waals surface area contributed by atoms with Gasteiger partial charge >= 0.3 is 0 Å². The lowest BCUT2D eigenvalue weighted by atomic mass is 10.0. The van der Waals surface area contributed by atoms with Gasteiger partial charge in [0, 0.05) is 0 Å². The molecule has 1 heterocycles. The molecule has 0 bridgehead atoms. The number of hydroxylamine groups is 2. The van der Waals surface area contributed by atoms with Crippen molar-refractivity contribution in [3.05, 3.63) is 83.9 Å². The maximum atomic E-state index is 12.8. The number of hydrogen-bond acceptors (Lipinski definition) is 7. The van der Waals surface area contributed by atoms with Gasteiger partial charge in [0.25, 0.3) is 15.9 Å². The molecule has 0 spiro atoms. The third-order valence-electron chi connectivity index (χ3n) is 5.41. The normalized spacial score (nSPS) is 14.7. The maximum Gasteiger partial charge on any atom is 0.269 e. The van der Waals surface area contributed by atoms with Crippen molar-refractivity contribution < 1.29 is 28.0 Å². The van der Waals surface area contributed by atoms with E-state index in [9.17, 15) is 23.2 Å². The number of fused-ring (bicyclic) bond motifs is 1. The Hall–Kier alpha value is -4.20. The second-order valence-electron chi connectivity index (χ2n) is 7.50. The van der Waals surface area contributed by atoms with Crippen molar-refractivity contribution in [1.29, 1.82) is 5.26 Å². The summed E-state index contributed by atoms with van der Waals surface area (Å²) in [7, 11) is -4.10. The van der Waals surface area contributed by atoms with Gasteiger partial charge in [0.2, 0.25) is 6.41 Å². The molecule has 0 fully saturated rings. The molecule has 3 aromatic carbocycles. The van der Waals surface area contributed by atoms with Crippen LogP contribution < -0.4 is 4.74 Å². The number of benzene rings is 3. The van der Waals surface area contributed by atoms with E-state index >= 15 is 0 Å². The summed E-state index contributed by atoms with van der Waals surface area (Å²) in [5, 5.41) is 19.2. The van der Waals surface area contributed by atoms with Gasteiger partial charge in [-0.05, 0) is 47.5 Å². The summed E-state index contributed by atoms with van der Waals surface area (Å²) in [5.41, 5.74) is 2.39. The first-order valence-corrected chi connectivity index (χ1v) is 11.6. The van der Waals surface area contributed by atoms with Crippen molar-refractivity contribution in [2.45, 2.75) is 10.9 Å². The highest BCUT2D eigenvalue weighted by Gasteiger charge is 2.42. The number of hydrogen-bond donors (Lipinski definition) is 1. The fraction of sp³-hybridized carbons (Fsp3) is 0.125. The third-order valence-corrected chi connectivity index (χ3v) is 7.22. The Bertz CT molecular complexity index is 1370. The SMILES string of the molecule is N#Cc1ccc(-c2ccc(OCC(CN3C(=O)c4ccccc4S3(=O)=O)N(O)C=O)cc2)cc1. The Morgan fingerprint density at radius 3 is 2.24 bits per heavy atom. The molecular weight excluding hydrogens is 458 g/mol. The van der Waals surface area contributed by atoms with Crippen LogP contribution >= 0.6 is 0 Å². The molecule has 0 saturated heterocycles. The molecule has 172 valence electrons. The summed E-state index contributed by atoms with van der Waals surface area (Å²) in [6.45, 7) is -0.741. The summed E-state index contributed by atoms with van der Waals surface area (Å²) in [6, 6.07) is 20.8. The highest BCUT2D eigenvalue weighted by Crippen LogP contribution is 2.30. The number of carbonyl (C=O) groups is 2. The second-order valence-corrected chi connectivity index (χ2v) is 9.33. The average molecular weight is 477 g/mol. The van der Waals surface area contributed by atoms with E-state index < -0.39 is 28.5 Å². The highest BCUT2D eigenvalue weighted by molar-refractivity contribution is 7.90. The number of rotatable bonds is 8. The van der Waals surface area contributed by atoms with E-state index in [1.165, 1.54) is 18.2 Å². The van der Waals surface area contributed by atoms with Gasteiger partial charge in [0.15, 0.2) is 0 Å². The number of ether oxygens (including phenoxy) is 1. The van der Waals surface area contributed by atoms with E-state index in [0.717, 1.165) is 11.1 Å². The van der Waals surface area contributed by atoms with Crippen LogP contribution in [0.3, 0.4) is 0 Å². The molecule has 3 aromatic rings. The minimum atomic E-state index is -4.10. The van der Waals surface area contributed by atoms with E-state index in [4.69, 9.17) is 10.00 Å². The van der Waals surface area contributed by atoms with Crippen LogP contribution in [0.4, 0.5) is 0 Å². The number of carbonyl (C=O) groups excluding carboxylic acids is 2. The standard InChI is InChI=1S/C24H19N3O6S/c25-13-17-5-7-18(8-6-17)19-9-11-21(12-10-19)33-15-20(26(30)16-28)14-27-24(29)22-3-1-2-4-23(22)34(27,31)32/h1-12,16,20,30H,14-15H2. The zero-order valence-electron chi connectivity index (χ0n) is 17.7. The van der Waals surface area contributed by atoms with Gasteiger partial charge in [-0.1, -0.05) is 36.4 Å². The third kappa shape index (κ3) is 4.34. The first-order chi connectivity index (χ1) is 16.3. The largest absolute Gasteiger partial charge is 0.491 e. The topological polar surface area (TPSA) is 128 Å². The summed E-state index contributed by atoms with van der Waals surface area (Å²) < 4.78 is 31.9. The maximum absolute atomic E-state index is 12.8. The van der Waals surface area contributed by atoms with Crippen LogP contribution in [-0.2, 0) is 14.8 Å². The summed E-state index contributed by atoms with van der Waals surface area (Å²) >= 11 is 0. The molecule has 0 saturated carbocycles. The number of amides is 2. The fourth-order valence-corrected chi connectivity index (χ4v) is 5.18. The van der Waals surface area contributed by atoms with Gasteiger partial charge < -0.3 is 4.74 Å². The van der Waals surface area contributed by atoms with Crippen LogP contribution in [0.25, 0.3) is 11.1 Å². The molecule has 2 amide bonds. The first kappa shape index (κ1) is 23.0. The fourth-order valence-electron chi connectivity index (χ4n) is 3.57. The molecule has 0 radical (unpaired) electrons. The molecule has 10 heteroatoms. The van der Waals surface area contributed by atoms with Gasteiger partial charge in [0.1, 0.15) is 23.3 Å². The summed E-state index contributed by atoms with van der Waals surface area (Å²) in [6.07, 6.45) is 0.127. The highest BCUT2D eigenvalue weighted by atomic mass is 32.2. The van der Waals surface area contributed by atoms with Crippen molar-refractivity contribution in [3.8, 4) is 22.9 Å². The Morgan fingerprint density at radius 2 is 1.65 bits per heavy atom. The first-order valence-electron chi connectivity index (χ1n) is 10.2. The molecule has 9 nitrogen and oxygen atoms in total. The minimum absolute atomic E-state index is 0.0381. The Balaban J connectivity index is 1.47. The summed E-state index contributed by atoms with van der Waals surface area (Å²) in [4.78, 5) is 23.7. The monoisotopic (exact) mass is 477 g/mol. The summed E-state index contributed by atoms with van der Waals surface area (Å²) in [5.74, 6) is -0.313. The minimum Gasteiger partial charge on any atom is -0.491 e. The van der Waals surface area contributed by atoms with E-state index in [2.05, 4.69) is 6.07 Å². The van der Waals surface area contributed by atoms with Crippen molar-refractivity contribution >= 4 is 22.3 Å². The zero-order valence-corrected chi connectivity index (χ0v) is 18.6. The quantitative estimate of drug-likeness (QED) is 0.300. The number of sulfonamides is 1. The molecule has 1 aliphatic rings. The Kier molecular flexibility index (Phi) is 6.32. The van der Waals surface area contributed by atoms with Crippen molar-refractivity contribution in [3.63, 3.8) is 0 Å². The van der Waals surface area contributed by atoms with Crippen LogP contribution in [0.1, 0.15) is 15.9 Å². The lowest BCUT2D eigenvalue weighted by molar-refractivity contribution is -0.163. The molecule has 0 aromatic heterocycles. The predicted octanol–water partition coefficient (Wildman–Crippen LogP) is 2.66. The van der Waals surface area contributed by atoms with Crippen LogP contribution in [-0.4, -0.2) is 54.5 Å². The van der Waals surface area contributed by atoms with Gasteiger partial charge in [-0.25, -0.2) is 17.8 Å². The predicted molar refractivity (Wildman–Crippen MR) is 120 cm³/mol. The molecule has 1 unspecified atom stereocenters. The second kappa shape index (κ2) is 9.35. The van der Waals surface area contributed by atoms with Crippen molar-refractivity contribution in [1.82, 2.24) is 9.37 Å². The molecule has 1 aliphatic heterocycles. The molecule has 1 atom stereocenters. The lowest BCUT2D eigenvalue weighted by Crippen LogP contribution is -2.47. The molecule has 34 heavy (non-hydrogen) atoms. The average Bonchev–Trinajstić information content (AvgIpc) is 3.06. The van der Waals surface area contributed by atoms with Crippen molar-refractivity contribution in [2.75, 3.05) is 13.2 Å². The smallest absolute Gasteiger partial charge is 0.269 e. The zero-order chi connectivity index (χ0) is 24.3. The van der Waals surface area contributed by atoms with Gasteiger partial charge in [0.05, 0.1) is 23.7 Å². The van der Waals surface area contributed by atoms with Crippen LogP contribution in [0.15, 0.2) is 77.7 Å². The molecule has 0 aliphatic carbocycles. The number of nitrogens with zero attached hydrogens (tertiary/aromatic N) is 3. The molecular formula is C24H19N3O6S. The Labute approximate surface area is 196 Å². The van der Waals surface area contributed by atoms with Crippen molar-refractivity contribution in [2.24, 2.45) is 0 Å². The van der Waals surface area contributed by atoms with E-state index in [1.807, 2.05) is 12.1 Å². The van der Waals surface area contributed by atoms with E-state index in [1.54, 1.807) is 42.5 Å². The molecule has 4 rings (SSSR count). The van der Waals surface area contributed by atoms with E-state index in [-0.39, 0.29) is 28.5 Å². The van der Waals surface area contributed by atoms with Crippen LogP contribution in [0, 0.1) is 11.3 Å². The lowest BCUT2D eigenvalue weighted by Gasteiger charge is -2.26. The van der Waals surface area contributed by atoms with Gasteiger partial charge in [-0.3, -0.25) is 14.8 Å². The van der Waals surface area contributed by atoms with E-state index in [0.29, 0.717) is 15.6 Å². The Morgan fingerprint density at radius 1 is 1.03 bits per heavy atom.